The topological polar surface area (TPSA) is 46.0 Å². The molecule has 6 heteroatoms. The van der Waals surface area contributed by atoms with Crippen molar-refractivity contribution in [3.63, 3.8) is 0 Å². The maximum Gasteiger partial charge on any atom is 0.133 e. The average molecular weight is 476 g/mol. The summed E-state index contributed by atoms with van der Waals surface area (Å²) in [4.78, 5) is 7.25. The van der Waals surface area contributed by atoms with Crippen LogP contribution >= 0.6 is 0 Å². The first-order chi connectivity index (χ1) is 16.8. The Kier molecular flexibility index (Phi) is 7.70. The van der Waals surface area contributed by atoms with Gasteiger partial charge in [-0.1, -0.05) is 26.5 Å². The lowest BCUT2D eigenvalue weighted by molar-refractivity contribution is 0.187. The van der Waals surface area contributed by atoms with Crippen LogP contribution < -0.4 is 5.32 Å². The van der Waals surface area contributed by atoms with Gasteiger partial charge in [-0.15, -0.1) is 0 Å². The Morgan fingerprint density at radius 2 is 1.94 bits per heavy atom. The fraction of sp³-hybridized carbons (Fsp3) is 0.448. The maximum atomic E-state index is 14.3. The third-order valence-electron chi connectivity index (χ3n) is 7.30. The second-order valence-corrected chi connectivity index (χ2v) is 10.0. The van der Waals surface area contributed by atoms with E-state index >= 15 is 0 Å². The number of benzene rings is 1. The van der Waals surface area contributed by atoms with Gasteiger partial charge in [0.05, 0.1) is 12.2 Å². The number of aromatic nitrogens is 3. The van der Waals surface area contributed by atoms with Gasteiger partial charge in [-0.3, -0.25) is 4.68 Å². The molecular weight excluding hydrogens is 437 g/mol. The molecule has 1 fully saturated rings. The second kappa shape index (κ2) is 10.7. The molecule has 0 aliphatic carbocycles. The van der Waals surface area contributed by atoms with Gasteiger partial charge in [0, 0.05) is 42.3 Å². The Morgan fingerprint density at radius 3 is 2.63 bits per heavy atom. The lowest BCUT2D eigenvalue weighted by Gasteiger charge is -2.31. The van der Waals surface area contributed by atoms with E-state index in [4.69, 9.17) is 10.1 Å². The van der Waals surface area contributed by atoms with Crippen LogP contribution in [-0.4, -0.2) is 39.3 Å². The van der Waals surface area contributed by atoms with Crippen LogP contribution in [0.2, 0.25) is 0 Å². The predicted octanol–water partition coefficient (Wildman–Crippen LogP) is 6.65. The zero-order chi connectivity index (χ0) is 25.1. The summed E-state index contributed by atoms with van der Waals surface area (Å²) in [5, 5.41) is 8.02. The number of hydrogen-bond acceptors (Lipinski definition) is 4. The first-order valence-corrected chi connectivity index (χ1v) is 12.7. The summed E-state index contributed by atoms with van der Waals surface area (Å²) in [5.74, 6) is 0.792. The van der Waals surface area contributed by atoms with Crippen LogP contribution in [0.5, 0.6) is 0 Å². The molecule has 0 bridgehead atoms. The van der Waals surface area contributed by atoms with Crippen molar-refractivity contribution in [1.29, 1.82) is 0 Å². The Bertz CT molecular complexity index is 1190. The number of anilines is 1. The summed E-state index contributed by atoms with van der Waals surface area (Å²) in [6.45, 7) is 17.6. The third-order valence-corrected chi connectivity index (χ3v) is 7.30. The lowest BCUT2D eigenvalue weighted by atomic mass is 9.87. The number of nitrogens with one attached hydrogen (secondary N) is 1. The van der Waals surface area contributed by atoms with Crippen LogP contribution in [0, 0.1) is 19.7 Å². The number of nitrogens with zero attached hydrogens (tertiary/aromatic N) is 4. The first-order valence-electron chi connectivity index (χ1n) is 12.7. The molecule has 1 aliphatic heterocycles. The number of pyridine rings is 1. The molecule has 186 valence electrons. The number of allylic oxidation sites excluding steroid dienone is 1. The van der Waals surface area contributed by atoms with E-state index in [1.165, 1.54) is 0 Å². The van der Waals surface area contributed by atoms with Gasteiger partial charge >= 0.3 is 0 Å². The standard InChI is InChI=1S/C29H38FN5/c1-7-34-12-10-26(11-13-34)35-18-25(17-32-35)24-15-23(29(31-16-24)33-19(2)3)14-21(5)28-20(4)8-9-27(30)22(28)6/h8-9,15-18,21,26H,2,7,10-14H2,1,3-6H3,(H,31,33). The number of hydrogen-bond donors (Lipinski definition) is 1. The van der Waals surface area contributed by atoms with Gasteiger partial charge in [0.25, 0.3) is 0 Å². The Balaban J connectivity index is 1.61. The number of likely N-dealkylation sites (tertiary alicyclic amines) is 1. The molecule has 5 nitrogen and oxygen atoms in total. The summed E-state index contributed by atoms with van der Waals surface area (Å²) in [7, 11) is 0. The fourth-order valence-corrected chi connectivity index (χ4v) is 5.35. The van der Waals surface area contributed by atoms with E-state index in [0.717, 1.165) is 83.8 Å². The second-order valence-electron chi connectivity index (χ2n) is 10.0. The number of aryl methyl sites for hydroxylation is 1. The average Bonchev–Trinajstić information content (AvgIpc) is 3.33. The van der Waals surface area contributed by atoms with Crippen LogP contribution in [0.15, 0.2) is 49.1 Å². The van der Waals surface area contributed by atoms with E-state index in [1.54, 1.807) is 6.07 Å². The molecule has 35 heavy (non-hydrogen) atoms. The Hall–Kier alpha value is -2.99. The van der Waals surface area contributed by atoms with E-state index in [-0.39, 0.29) is 11.7 Å². The summed E-state index contributed by atoms with van der Waals surface area (Å²) in [6.07, 6.45) is 9.00. The van der Waals surface area contributed by atoms with Crippen LogP contribution in [0.1, 0.15) is 67.8 Å². The molecular formula is C29H38FN5. The maximum absolute atomic E-state index is 14.3. The van der Waals surface area contributed by atoms with E-state index in [2.05, 4.69) is 54.5 Å². The molecule has 1 aromatic carbocycles. The van der Waals surface area contributed by atoms with Crippen molar-refractivity contribution < 1.29 is 4.39 Å². The Labute approximate surface area is 209 Å². The first kappa shape index (κ1) is 25.1. The van der Waals surface area contributed by atoms with Crippen molar-refractivity contribution >= 4 is 5.82 Å². The highest BCUT2D eigenvalue weighted by Gasteiger charge is 2.21. The van der Waals surface area contributed by atoms with Gasteiger partial charge in [-0.25, -0.2) is 9.37 Å². The van der Waals surface area contributed by atoms with Crippen LogP contribution in [0.4, 0.5) is 10.2 Å². The van der Waals surface area contributed by atoms with Crippen molar-refractivity contribution in [3.8, 4) is 11.1 Å². The van der Waals surface area contributed by atoms with E-state index in [0.29, 0.717) is 6.04 Å². The molecule has 0 saturated carbocycles. The highest BCUT2D eigenvalue weighted by atomic mass is 19.1. The van der Waals surface area contributed by atoms with Gasteiger partial charge in [-0.2, -0.15) is 5.10 Å². The van der Waals surface area contributed by atoms with E-state index in [1.807, 2.05) is 32.3 Å². The molecule has 4 rings (SSSR count). The van der Waals surface area contributed by atoms with E-state index in [9.17, 15) is 4.39 Å². The number of rotatable bonds is 8. The predicted molar refractivity (Wildman–Crippen MR) is 142 cm³/mol. The SMILES string of the molecule is C=C(C)Nc1ncc(-c2cnn(C3CCN(CC)CC3)c2)cc1CC(C)c1c(C)ccc(F)c1C. The van der Waals surface area contributed by atoms with Crippen molar-refractivity contribution in [2.45, 2.75) is 65.8 Å². The molecule has 1 saturated heterocycles. The normalized spacial score (nSPS) is 15.8. The zero-order valence-corrected chi connectivity index (χ0v) is 21.7. The van der Waals surface area contributed by atoms with Gasteiger partial charge in [0.15, 0.2) is 0 Å². The van der Waals surface area contributed by atoms with E-state index < -0.39 is 0 Å². The molecule has 0 amide bonds. The van der Waals surface area contributed by atoms with Crippen LogP contribution in [-0.2, 0) is 6.42 Å². The summed E-state index contributed by atoms with van der Waals surface area (Å²) in [6, 6.07) is 6.07. The minimum Gasteiger partial charge on any atom is -0.344 e. The zero-order valence-electron chi connectivity index (χ0n) is 21.7. The van der Waals surface area contributed by atoms with Crippen LogP contribution in [0.3, 0.4) is 0 Å². The molecule has 1 N–H and O–H groups in total. The number of halogens is 1. The van der Waals surface area contributed by atoms with Gasteiger partial charge in [-0.05, 0) is 86.9 Å². The molecule has 1 unspecified atom stereocenters. The molecule has 3 heterocycles. The van der Waals surface area contributed by atoms with Crippen molar-refractivity contribution in [1.82, 2.24) is 19.7 Å². The fourth-order valence-electron chi connectivity index (χ4n) is 5.35. The number of piperidine rings is 1. The smallest absolute Gasteiger partial charge is 0.133 e. The lowest BCUT2D eigenvalue weighted by Crippen LogP contribution is -2.34. The van der Waals surface area contributed by atoms with Crippen molar-refractivity contribution in [3.05, 3.63) is 77.1 Å². The molecule has 2 aromatic heterocycles. The van der Waals surface area contributed by atoms with Crippen molar-refractivity contribution in [2.24, 2.45) is 0 Å². The summed E-state index contributed by atoms with van der Waals surface area (Å²) < 4.78 is 16.5. The largest absolute Gasteiger partial charge is 0.344 e. The summed E-state index contributed by atoms with van der Waals surface area (Å²) >= 11 is 0. The highest BCUT2D eigenvalue weighted by molar-refractivity contribution is 5.65. The highest BCUT2D eigenvalue weighted by Crippen LogP contribution is 2.32. The quantitative estimate of drug-likeness (QED) is 0.396. The molecule has 1 aliphatic rings. The van der Waals surface area contributed by atoms with Gasteiger partial charge < -0.3 is 10.2 Å². The van der Waals surface area contributed by atoms with Crippen molar-refractivity contribution in [2.75, 3.05) is 25.0 Å². The minimum atomic E-state index is -0.151. The van der Waals surface area contributed by atoms with Crippen LogP contribution in [0.25, 0.3) is 11.1 Å². The molecule has 3 aromatic rings. The Morgan fingerprint density at radius 1 is 1.20 bits per heavy atom. The molecule has 0 radical (unpaired) electrons. The minimum absolute atomic E-state index is 0.139. The molecule has 1 atom stereocenters. The summed E-state index contributed by atoms with van der Waals surface area (Å²) in [5.41, 5.74) is 6.96. The monoisotopic (exact) mass is 475 g/mol. The van der Waals surface area contributed by atoms with Gasteiger partial charge in [0.2, 0.25) is 0 Å². The van der Waals surface area contributed by atoms with Gasteiger partial charge in [0.1, 0.15) is 11.6 Å². The third kappa shape index (κ3) is 5.64. The molecule has 0 spiro atoms.